The van der Waals surface area contributed by atoms with E-state index >= 15 is 0 Å². The first-order chi connectivity index (χ1) is 15.3. The zero-order valence-electron chi connectivity index (χ0n) is 17.7. The average molecular weight is 454 g/mol. The zero-order valence-corrected chi connectivity index (χ0v) is 18.5. The molecule has 9 heteroatoms. The van der Waals surface area contributed by atoms with E-state index in [1.165, 1.54) is 6.21 Å². The molecule has 0 spiro atoms. The second-order valence-electron chi connectivity index (χ2n) is 7.61. The van der Waals surface area contributed by atoms with Crippen LogP contribution in [0.25, 0.3) is 10.9 Å². The second-order valence-corrected chi connectivity index (χ2v) is 8.01. The number of aromatic nitrogens is 1. The number of hydrogen-bond donors (Lipinski definition) is 3. The van der Waals surface area contributed by atoms with Crippen LogP contribution in [0.2, 0.25) is 5.02 Å². The largest absolute Gasteiger partial charge is 0.368 e. The molecular formula is C23H24ClN5O3. The summed E-state index contributed by atoms with van der Waals surface area (Å²) in [6.07, 6.45) is 3.23. The van der Waals surface area contributed by atoms with Crippen molar-refractivity contribution in [1.29, 1.82) is 0 Å². The highest BCUT2D eigenvalue weighted by molar-refractivity contribution is 6.33. The number of nitrogens with zero attached hydrogens (tertiary/aromatic N) is 2. The van der Waals surface area contributed by atoms with Crippen molar-refractivity contribution >= 4 is 46.4 Å². The molecule has 166 valence electrons. The van der Waals surface area contributed by atoms with E-state index in [9.17, 15) is 14.4 Å². The SMILES string of the molecule is CC(C)C(NC(=O)c1ccccc1Cl)C(=O)NN=Cc1cn(CC(N)=O)c2ccccc12. The van der Waals surface area contributed by atoms with Gasteiger partial charge >= 0.3 is 0 Å². The van der Waals surface area contributed by atoms with E-state index in [1.807, 2.05) is 38.1 Å². The molecule has 0 bridgehead atoms. The number of carbonyl (C=O) groups is 3. The lowest BCUT2D eigenvalue weighted by molar-refractivity contribution is -0.124. The molecule has 0 aliphatic rings. The van der Waals surface area contributed by atoms with E-state index in [2.05, 4.69) is 15.8 Å². The van der Waals surface area contributed by atoms with Crippen LogP contribution >= 0.6 is 11.6 Å². The summed E-state index contributed by atoms with van der Waals surface area (Å²) in [5, 5.41) is 7.93. The van der Waals surface area contributed by atoms with Gasteiger partial charge in [0.05, 0.1) is 16.8 Å². The van der Waals surface area contributed by atoms with Gasteiger partial charge in [-0.1, -0.05) is 55.8 Å². The molecule has 1 atom stereocenters. The zero-order chi connectivity index (χ0) is 23.3. The van der Waals surface area contributed by atoms with Crippen molar-refractivity contribution in [2.75, 3.05) is 0 Å². The number of amides is 3. The van der Waals surface area contributed by atoms with Crippen LogP contribution in [-0.4, -0.2) is 34.5 Å². The van der Waals surface area contributed by atoms with Gasteiger partial charge in [0.1, 0.15) is 12.6 Å². The van der Waals surface area contributed by atoms with Crippen molar-refractivity contribution in [2.45, 2.75) is 26.4 Å². The summed E-state index contributed by atoms with van der Waals surface area (Å²) in [4.78, 5) is 36.6. The van der Waals surface area contributed by atoms with Crippen LogP contribution < -0.4 is 16.5 Å². The van der Waals surface area contributed by atoms with Crippen LogP contribution in [0.15, 0.2) is 59.8 Å². The quantitative estimate of drug-likeness (QED) is 0.359. The fourth-order valence-electron chi connectivity index (χ4n) is 3.31. The lowest BCUT2D eigenvalue weighted by Gasteiger charge is -2.20. The fraction of sp³-hybridized carbons (Fsp3) is 0.217. The van der Waals surface area contributed by atoms with Crippen molar-refractivity contribution in [3.8, 4) is 0 Å². The third kappa shape index (κ3) is 5.33. The van der Waals surface area contributed by atoms with Crippen molar-refractivity contribution < 1.29 is 14.4 Å². The summed E-state index contributed by atoms with van der Waals surface area (Å²) in [6, 6.07) is 13.3. The molecule has 4 N–H and O–H groups in total. The lowest BCUT2D eigenvalue weighted by atomic mass is 10.0. The van der Waals surface area contributed by atoms with Gasteiger partial charge in [-0.15, -0.1) is 0 Å². The van der Waals surface area contributed by atoms with E-state index < -0.39 is 23.8 Å². The van der Waals surface area contributed by atoms with Crippen molar-refractivity contribution in [2.24, 2.45) is 16.8 Å². The topological polar surface area (TPSA) is 119 Å². The molecule has 1 unspecified atom stereocenters. The smallest absolute Gasteiger partial charge is 0.262 e. The highest BCUT2D eigenvalue weighted by Crippen LogP contribution is 2.20. The molecule has 0 saturated carbocycles. The number of hydrazone groups is 1. The second kappa shape index (κ2) is 10.1. The number of nitrogens with one attached hydrogen (secondary N) is 2. The van der Waals surface area contributed by atoms with Gasteiger partial charge in [0.15, 0.2) is 0 Å². The summed E-state index contributed by atoms with van der Waals surface area (Å²) >= 11 is 6.08. The van der Waals surface area contributed by atoms with Gasteiger partial charge in [0.25, 0.3) is 11.8 Å². The molecular weight excluding hydrogens is 430 g/mol. The van der Waals surface area contributed by atoms with Gasteiger partial charge in [-0.25, -0.2) is 5.43 Å². The Kier molecular flexibility index (Phi) is 7.27. The molecule has 3 rings (SSSR count). The summed E-state index contributed by atoms with van der Waals surface area (Å²) in [5.74, 6) is -1.55. The average Bonchev–Trinajstić information content (AvgIpc) is 3.08. The number of primary amides is 1. The summed E-state index contributed by atoms with van der Waals surface area (Å²) in [5.41, 5.74) is 9.63. The molecule has 2 aromatic carbocycles. The number of halogens is 1. The normalized spacial score (nSPS) is 12.2. The molecule has 3 amide bonds. The van der Waals surface area contributed by atoms with Gasteiger partial charge in [-0.2, -0.15) is 5.10 Å². The molecule has 0 fully saturated rings. The number of benzene rings is 2. The van der Waals surface area contributed by atoms with Gasteiger partial charge in [-0.3, -0.25) is 14.4 Å². The maximum Gasteiger partial charge on any atom is 0.262 e. The maximum absolute atomic E-state index is 12.7. The molecule has 1 heterocycles. The molecule has 1 aromatic heterocycles. The standard InChI is InChI=1S/C23H24ClN5O3/c1-14(2)21(27-22(31)17-8-3-5-9-18(17)24)23(32)28-26-11-15-12-29(13-20(25)30)19-10-6-4-7-16(15)19/h3-12,14,21H,13H2,1-2H3,(H2,25,30)(H,27,31)(H,28,32). The predicted molar refractivity (Wildman–Crippen MR) is 124 cm³/mol. The van der Waals surface area contributed by atoms with Gasteiger partial charge in [0, 0.05) is 22.7 Å². The Morgan fingerprint density at radius 1 is 1.12 bits per heavy atom. The van der Waals surface area contributed by atoms with Crippen molar-refractivity contribution in [1.82, 2.24) is 15.3 Å². The number of nitrogens with two attached hydrogens (primary N) is 1. The molecule has 0 saturated heterocycles. The number of hydrogen-bond acceptors (Lipinski definition) is 4. The Bertz CT molecular complexity index is 1190. The summed E-state index contributed by atoms with van der Waals surface area (Å²) in [6.45, 7) is 3.67. The highest BCUT2D eigenvalue weighted by atomic mass is 35.5. The van der Waals surface area contributed by atoms with E-state index in [-0.39, 0.29) is 12.5 Å². The molecule has 0 radical (unpaired) electrons. The molecule has 32 heavy (non-hydrogen) atoms. The lowest BCUT2D eigenvalue weighted by Crippen LogP contribution is -2.48. The minimum Gasteiger partial charge on any atom is -0.368 e. The highest BCUT2D eigenvalue weighted by Gasteiger charge is 2.25. The summed E-state index contributed by atoms with van der Waals surface area (Å²) < 4.78 is 1.72. The van der Waals surface area contributed by atoms with Crippen LogP contribution in [0.4, 0.5) is 0 Å². The fourth-order valence-corrected chi connectivity index (χ4v) is 3.53. The maximum atomic E-state index is 12.7. The first kappa shape index (κ1) is 23.0. The number of para-hydroxylation sites is 1. The Hall–Kier alpha value is -3.65. The van der Waals surface area contributed by atoms with Crippen LogP contribution in [0, 0.1) is 5.92 Å². The third-order valence-corrected chi connectivity index (χ3v) is 5.21. The molecule has 0 aliphatic heterocycles. The Balaban J connectivity index is 1.74. The molecule has 0 aliphatic carbocycles. The monoisotopic (exact) mass is 453 g/mol. The number of rotatable bonds is 8. The van der Waals surface area contributed by atoms with Crippen LogP contribution in [0.3, 0.4) is 0 Å². The van der Waals surface area contributed by atoms with Gasteiger partial charge < -0.3 is 15.6 Å². The van der Waals surface area contributed by atoms with Gasteiger partial charge in [-0.05, 0) is 24.1 Å². The van der Waals surface area contributed by atoms with Gasteiger partial charge in [0.2, 0.25) is 5.91 Å². The van der Waals surface area contributed by atoms with E-state index in [0.29, 0.717) is 16.1 Å². The van der Waals surface area contributed by atoms with Crippen LogP contribution in [0.5, 0.6) is 0 Å². The van der Waals surface area contributed by atoms with Crippen molar-refractivity contribution in [3.63, 3.8) is 0 Å². The first-order valence-corrected chi connectivity index (χ1v) is 10.4. The van der Waals surface area contributed by atoms with Crippen LogP contribution in [-0.2, 0) is 16.1 Å². The van der Waals surface area contributed by atoms with E-state index in [4.69, 9.17) is 17.3 Å². The third-order valence-electron chi connectivity index (χ3n) is 4.88. The number of fused-ring (bicyclic) bond motifs is 1. The van der Waals surface area contributed by atoms with Crippen LogP contribution in [0.1, 0.15) is 29.8 Å². The predicted octanol–water partition coefficient (Wildman–Crippen LogP) is 2.68. The minimum atomic E-state index is -0.813. The Morgan fingerprint density at radius 2 is 1.81 bits per heavy atom. The molecule has 3 aromatic rings. The molecule has 8 nitrogen and oxygen atoms in total. The Morgan fingerprint density at radius 3 is 2.50 bits per heavy atom. The Labute approximate surface area is 190 Å². The number of carbonyl (C=O) groups excluding carboxylic acids is 3. The van der Waals surface area contributed by atoms with Crippen molar-refractivity contribution in [3.05, 3.63) is 70.9 Å². The summed E-state index contributed by atoms with van der Waals surface area (Å²) in [7, 11) is 0. The van der Waals surface area contributed by atoms with E-state index in [1.54, 1.807) is 35.0 Å². The van der Waals surface area contributed by atoms with E-state index in [0.717, 1.165) is 10.9 Å². The minimum absolute atomic E-state index is 0.0320. The first-order valence-electron chi connectivity index (χ1n) is 10.0.